The molecule has 5 heteroatoms. The van der Waals surface area contributed by atoms with Crippen molar-refractivity contribution in [2.24, 2.45) is 5.92 Å². The molecule has 1 N–H and O–H groups in total. The van der Waals surface area contributed by atoms with E-state index in [1.54, 1.807) is 29.2 Å². The first-order valence-electron chi connectivity index (χ1n) is 9.12. The van der Waals surface area contributed by atoms with Crippen molar-refractivity contribution in [3.8, 4) is 5.75 Å². The number of hydrogen-bond acceptors (Lipinski definition) is 2. The SMILES string of the molecule is C[C@@H]1CCC[NH+](C2CCN(C(=O)COc3ccc(Cl)cc3)CC2)C1. The lowest BCUT2D eigenvalue weighted by Gasteiger charge is -2.39. The molecule has 1 unspecified atom stereocenters. The van der Waals surface area contributed by atoms with Crippen molar-refractivity contribution in [3.05, 3.63) is 29.3 Å². The standard InChI is InChI=1S/C19H27ClN2O2/c1-15-3-2-10-22(13-15)17-8-11-21(12-9-17)19(23)14-24-18-6-4-16(20)5-7-18/h4-7,15,17H,2-3,8-14H2,1H3/p+1/t15-/m1/s1. The zero-order valence-corrected chi connectivity index (χ0v) is 15.2. The summed E-state index contributed by atoms with van der Waals surface area (Å²) in [4.78, 5) is 16.1. The second-order valence-electron chi connectivity index (χ2n) is 7.26. The molecule has 0 bridgehead atoms. The van der Waals surface area contributed by atoms with Crippen LogP contribution in [0.15, 0.2) is 24.3 Å². The summed E-state index contributed by atoms with van der Waals surface area (Å²) in [6.07, 6.45) is 4.97. The number of ether oxygens (including phenoxy) is 1. The fourth-order valence-corrected chi connectivity index (χ4v) is 4.13. The number of hydrogen-bond donors (Lipinski definition) is 1. The minimum absolute atomic E-state index is 0.0883. The summed E-state index contributed by atoms with van der Waals surface area (Å²) in [6, 6.07) is 7.87. The maximum Gasteiger partial charge on any atom is 0.260 e. The number of likely N-dealkylation sites (tertiary alicyclic amines) is 2. The highest BCUT2D eigenvalue weighted by Gasteiger charge is 2.32. The smallest absolute Gasteiger partial charge is 0.260 e. The number of amides is 1. The molecule has 1 aromatic carbocycles. The minimum Gasteiger partial charge on any atom is -0.484 e. The molecular formula is C19H28ClN2O2+. The Labute approximate surface area is 149 Å². The molecule has 0 saturated carbocycles. The number of piperidine rings is 2. The normalized spacial score (nSPS) is 25.5. The Balaban J connectivity index is 1.42. The molecule has 4 nitrogen and oxygen atoms in total. The number of carbonyl (C=O) groups excluding carboxylic acids is 1. The average Bonchev–Trinajstić information content (AvgIpc) is 2.61. The number of halogens is 1. The van der Waals surface area contributed by atoms with E-state index in [0.29, 0.717) is 10.8 Å². The van der Waals surface area contributed by atoms with Gasteiger partial charge in [-0.25, -0.2) is 0 Å². The molecule has 0 radical (unpaired) electrons. The molecule has 3 rings (SSSR count). The van der Waals surface area contributed by atoms with Gasteiger partial charge in [0.2, 0.25) is 0 Å². The first-order valence-corrected chi connectivity index (χ1v) is 9.50. The Hall–Kier alpha value is -1.26. The molecule has 2 heterocycles. The molecule has 0 spiro atoms. The maximum absolute atomic E-state index is 12.3. The van der Waals surface area contributed by atoms with Crippen LogP contribution in [0.2, 0.25) is 5.02 Å². The Morgan fingerprint density at radius 3 is 2.62 bits per heavy atom. The summed E-state index contributed by atoms with van der Waals surface area (Å²) in [5.74, 6) is 1.63. The topological polar surface area (TPSA) is 34.0 Å². The Kier molecular flexibility index (Phi) is 6.01. The van der Waals surface area contributed by atoms with Gasteiger partial charge in [0.25, 0.3) is 5.91 Å². The Bertz CT molecular complexity index is 541. The van der Waals surface area contributed by atoms with Crippen LogP contribution in [0.1, 0.15) is 32.6 Å². The van der Waals surface area contributed by atoms with E-state index in [-0.39, 0.29) is 12.5 Å². The van der Waals surface area contributed by atoms with Crippen molar-refractivity contribution >= 4 is 17.5 Å². The lowest BCUT2D eigenvalue weighted by Crippen LogP contribution is -3.17. The third-order valence-corrected chi connectivity index (χ3v) is 5.66. The van der Waals surface area contributed by atoms with Crippen molar-refractivity contribution in [3.63, 3.8) is 0 Å². The monoisotopic (exact) mass is 351 g/mol. The zero-order valence-electron chi connectivity index (χ0n) is 14.5. The molecule has 132 valence electrons. The van der Waals surface area contributed by atoms with Crippen LogP contribution < -0.4 is 9.64 Å². The predicted molar refractivity (Wildman–Crippen MR) is 95.6 cm³/mol. The molecule has 1 aromatic rings. The van der Waals surface area contributed by atoms with Gasteiger partial charge in [0, 0.05) is 36.9 Å². The predicted octanol–water partition coefficient (Wildman–Crippen LogP) is 2.02. The first kappa shape index (κ1) is 17.6. The van der Waals surface area contributed by atoms with E-state index in [1.165, 1.54) is 25.9 Å². The molecule has 0 aromatic heterocycles. The van der Waals surface area contributed by atoms with Gasteiger partial charge in [-0.2, -0.15) is 0 Å². The van der Waals surface area contributed by atoms with E-state index in [2.05, 4.69) is 6.92 Å². The number of carbonyl (C=O) groups is 1. The van der Waals surface area contributed by atoms with Gasteiger partial charge in [-0.3, -0.25) is 4.79 Å². The highest BCUT2D eigenvalue weighted by atomic mass is 35.5. The summed E-state index contributed by atoms with van der Waals surface area (Å²) >= 11 is 5.85. The third kappa shape index (κ3) is 4.64. The van der Waals surface area contributed by atoms with E-state index >= 15 is 0 Å². The summed E-state index contributed by atoms with van der Waals surface area (Å²) in [5, 5.41) is 0.672. The van der Waals surface area contributed by atoms with Gasteiger partial charge in [0.05, 0.1) is 19.1 Å². The highest BCUT2D eigenvalue weighted by Crippen LogP contribution is 2.16. The van der Waals surface area contributed by atoms with E-state index < -0.39 is 0 Å². The number of benzene rings is 1. The van der Waals surface area contributed by atoms with Crippen LogP contribution in [-0.2, 0) is 4.79 Å². The van der Waals surface area contributed by atoms with Gasteiger partial charge in [0.15, 0.2) is 6.61 Å². The van der Waals surface area contributed by atoms with Crippen molar-refractivity contribution in [1.82, 2.24) is 4.90 Å². The maximum atomic E-state index is 12.3. The molecule has 2 aliphatic heterocycles. The van der Waals surface area contributed by atoms with Gasteiger partial charge >= 0.3 is 0 Å². The molecule has 2 saturated heterocycles. The quantitative estimate of drug-likeness (QED) is 0.900. The summed E-state index contributed by atoms with van der Waals surface area (Å²) in [6.45, 7) is 6.82. The van der Waals surface area contributed by atoms with E-state index in [1.807, 2.05) is 4.90 Å². The van der Waals surface area contributed by atoms with Crippen molar-refractivity contribution in [1.29, 1.82) is 0 Å². The molecule has 2 fully saturated rings. The minimum atomic E-state index is 0.0883. The number of quaternary nitrogens is 1. The van der Waals surface area contributed by atoms with Gasteiger partial charge in [0.1, 0.15) is 5.75 Å². The molecule has 24 heavy (non-hydrogen) atoms. The van der Waals surface area contributed by atoms with Crippen molar-refractivity contribution < 1.29 is 14.4 Å². The molecule has 2 atom stereocenters. The van der Waals surface area contributed by atoms with E-state index in [4.69, 9.17) is 16.3 Å². The molecular weight excluding hydrogens is 324 g/mol. The highest BCUT2D eigenvalue weighted by molar-refractivity contribution is 6.30. The summed E-state index contributed by atoms with van der Waals surface area (Å²) in [5.41, 5.74) is 0. The lowest BCUT2D eigenvalue weighted by molar-refractivity contribution is -0.934. The molecule has 2 aliphatic rings. The lowest BCUT2D eigenvalue weighted by atomic mass is 9.95. The number of nitrogens with zero attached hydrogens (tertiary/aromatic N) is 1. The summed E-state index contributed by atoms with van der Waals surface area (Å²) < 4.78 is 5.58. The van der Waals surface area contributed by atoms with Crippen LogP contribution in [0.25, 0.3) is 0 Å². The second-order valence-corrected chi connectivity index (χ2v) is 7.69. The fourth-order valence-electron chi connectivity index (χ4n) is 4.00. The third-order valence-electron chi connectivity index (χ3n) is 5.41. The van der Waals surface area contributed by atoms with Crippen LogP contribution in [0.3, 0.4) is 0 Å². The molecule has 1 amide bonds. The van der Waals surface area contributed by atoms with Gasteiger partial charge in [-0.05, 0) is 37.1 Å². The van der Waals surface area contributed by atoms with Gasteiger partial charge in [-0.15, -0.1) is 0 Å². The largest absolute Gasteiger partial charge is 0.484 e. The van der Waals surface area contributed by atoms with Crippen molar-refractivity contribution in [2.75, 3.05) is 32.8 Å². The van der Waals surface area contributed by atoms with Crippen LogP contribution in [-0.4, -0.2) is 49.6 Å². The Morgan fingerprint density at radius 1 is 1.25 bits per heavy atom. The molecule has 0 aliphatic carbocycles. The van der Waals surface area contributed by atoms with Crippen molar-refractivity contribution in [2.45, 2.75) is 38.6 Å². The summed E-state index contributed by atoms with van der Waals surface area (Å²) in [7, 11) is 0. The van der Waals surface area contributed by atoms with Gasteiger partial charge < -0.3 is 14.5 Å². The van der Waals surface area contributed by atoms with Crippen LogP contribution >= 0.6 is 11.6 Å². The second kappa shape index (κ2) is 8.21. The van der Waals surface area contributed by atoms with Gasteiger partial charge in [-0.1, -0.05) is 18.5 Å². The van der Waals surface area contributed by atoms with Crippen LogP contribution in [0, 0.1) is 5.92 Å². The van der Waals surface area contributed by atoms with E-state index in [0.717, 1.165) is 37.9 Å². The fraction of sp³-hybridized carbons (Fsp3) is 0.632. The van der Waals surface area contributed by atoms with Crippen LogP contribution in [0.5, 0.6) is 5.75 Å². The van der Waals surface area contributed by atoms with Crippen LogP contribution in [0.4, 0.5) is 0 Å². The zero-order chi connectivity index (χ0) is 16.9. The Morgan fingerprint density at radius 2 is 1.96 bits per heavy atom. The average molecular weight is 352 g/mol. The number of rotatable bonds is 4. The first-order chi connectivity index (χ1) is 11.6. The number of nitrogens with one attached hydrogen (secondary N) is 1. The van der Waals surface area contributed by atoms with E-state index in [9.17, 15) is 4.79 Å².